The van der Waals surface area contributed by atoms with Crippen molar-refractivity contribution in [3.63, 3.8) is 0 Å². The zero-order valence-electron chi connectivity index (χ0n) is 8.01. The van der Waals surface area contributed by atoms with Crippen LogP contribution in [0.3, 0.4) is 0 Å². The van der Waals surface area contributed by atoms with Gasteiger partial charge in [0.15, 0.2) is 5.75 Å². The number of nitrogens with zero attached hydrogens (tertiary/aromatic N) is 1. The normalized spacial score (nSPS) is 12.2. The van der Waals surface area contributed by atoms with Crippen LogP contribution < -0.4 is 4.74 Å². The molecular formula is C9H10FNO4. The van der Waals surface area contributed by atoms with Crippen LogP contribution in [-0.2, 0) is 0 Å². The fourth-order valence-corrected chi connectivity index (χ4v) is 0.966. The average Bonchev–Trinajstić information content (AvgIpc) is 2.15. The molecule has 0 radical (unpaired) electrons. The number of rotatable bonds is 4. The molecule has 0 amide bonds. The van der Waals surface area contributed by atoms with Crippen molar-refractivity contribution in [2.24, 2.45) is 0 Å². The number of nitro benzene ring substituents is 1. The molecule has 82 valence electrons. The van der Waals surface area contributed by atoms with Gasteiger partial charge in [0, 0.05) is 0 Å². The third kappa shape index (κ3) is 3.17. The molecule has 1 aromatic carbocycles. The lowest BCUT2D eigenvalue weighted by atomic mass is 10.3. The summed E-state index contributed by atoms with van der Waals surface area (Å²) in [6, 6.07) is 3.00. The lowest BCUT2D eigenvalue weighted by Gasteiger charge is -2.07. The van der Waals surface area contributed by atoms with Crippen LogP contribution in [0, 0.1) is 15.9 Å². The molecule has 5 nitrogen and oxygen atoms in total. The van der Waals surface area contributed by atoms with E-state index in [1.54, 1.807) is 0 Å². The van der Waals surface area contributed by atoms with E-state index in [9.17, 15) is 14.5 Å². The molecule has 0 heterocycles. The van der Waals surface area contributed by atoms with Crippen LogP contribution in [-0.4, -0.2) is 22.7 Å². The second kappa shape index (κ2) is 4.70. The van der Waals surface area contributed by atoms with Gasteiger partial charge in [-0.2, -0.15) is 0 Å². The van der Waals surface area contributed by atoms with E-state index in [-0.39, 0.29) is 12.4 Å². The highest BCUT2D eigenvalue weighted by molar-refractivity contribution is 5.46. The maximum Gasteiger partial charge on any atom is 0.313 e. The smallest absolute Gasteiger partial charge is 0.313 e. The van der Waals surface area contributed by atoms with Crippen molar-refractivity contribution in [1.82, 2.24) is 0 Å². The average molecular weight is 215 g/mol. The molecular weight excluding hydrogens is 205 g/mol. The summed E-state index contributed by atoms with van der Waals surface area (Å²) in [5, 5.41) is 19.4. The highest BCUT2D eigenvalue weighted by Crippen LogP contribution is 2.27. The van der Waals surface area contributed by atoms with Crippen LogP contribution >= 0.6 is 0 Å². The van der Waals surface area contributed by atoms with Crippen molar-refractivity contribution in [2.45, 2.75) is 13.0 Å². The first-order chi connectivity index (χ1) is 7.00. The largest absolute Gasteiger partial charge is 0.484 e. The number of hydrogen-bond donors (Lipinski definition) is 1. The molecule has 0 saturated heterocycles. The van der Waals surface area contributed by atoms with E-state index in [0.717, 1.165) is 18.2 Å². The second-order valence-corrected chi connectivity index (χ2v) is 3.03. The third-order valence-corrected chi connectivity index (χ3v) is 1.60. The number of benzene rings is 1. The maximum absolute atomic E-state index is 12.7. The Kier molecular flexibility index (Phi) is 3.56. The highest BCUT2D eigenvalue weighted by Gasteiger charge is 2.16. The lowest BCUT2D eigenvalue weighted by molar-refractivity contribution is -0.386. The first kappa shape index (κ1) is 11.4. The molecule has 0 aliphatic rings. The van der Waals surface area contributed by atoms with Crippen molar-refractivity contribution in [3.05, 3.63) is 34.1 Å². The minimum absolute atomic E-state index is 0.0534. The molecule has 15 heavy (non-hydrogen) atoms. The summed E-state index contributed by atoms with van der Waals surface area (Å²) in [6.45, 7) is 1.40. The van der Waals surface area contributed by atoms with Crippen LogP contribution in [0.5, 0.6) is 5.75 Å². The number of nitro groups is 1. The lowest BCUT2D eigenvalue weighted by Crippen LogP contribution is -2.13. The van der Waals surface area contributed by atoms with Gasteiger partial charge >= 0.3 is 5.69 Å². The summed E-state index contributed by atoms with van der Waals surface area (Å²) in [5.74, 6) is -0.756. The van der Waals surface area contributed by atoms with Crippen LogP contribution in [0.15, 0.2) is 18.2 Å². The number of aliphatic hydroxyl groups is 1. The maximum atomic E-state index is 12.7. The van der Waals surface area contributed by atoms with Crippen LogP contribution in [0.4, 0.5) is 10.1 Å². The number of ether oxygens (including phenoxy) is 1. The van der Waals surface area contributed by atoms with Gasteiger partial charge in [-0.3, -0.25) is 10.1 Å². The Hall–Kier alpha value is -1.69. The molecule has 0 aliphatic heterocycles. The van der Waals surface area contributed by atoms with Gasteiger partial charge in [-0.1, -0.05) is 0 Å². The third-order valence-electron chi connectivity index (χ3n) is 1.60. The standard InChI is InChI=1S/C9H10FNO4/c1-6(12)5-15-9-3-2-7(10)4-8(9)11(13)14/h2-4,6,12H,5H2,1H3/t6-/m1/s1. The second-order valence-electron chi connectivity index (χ2n) is 3.03. The number of halogens is 1. The first-order valence-electron chi connectivity index (χ1n) is 4.25. The summed E-state index contributed by atoms with van der Waals surface area (Å²) >= 11 is 0. The molecule has 0 bridgehead atoms. The topological polar surface area (TPSA) is 72.6 Å². The highest BCUT2D eigenvalue weighted by atomic mass is 19.1. The zero-order chi connectivity index (χ0) is 11.4. The number of aliphatic hydroxyl groups excluding tert-OH is 1. The van der Waals surface area contributed by atoms with Crippen molar-refractivity contribution < 1.29 is 19.2 Å². The molecule has 1 N–H and O–H groups in total. The molecule has 1 atom stereocenters. The van der Waals surface area contributed by atoms with Crippen molar-refractivity contribution in [1.29, 1.82) is 0 Å². The van der Waals surface area contributed by atoms with Gasteiger partial charge in [0.05, 0.1) is 17.1 Å². The fourth-order valence-electron chi connectivity index (χ4n) is 0.966. The Morgan fingerprint density at radius 3 is 2.87 bits per heavy atom. The Morgan fingerprint density at radius 2 is 2.33 bits per heavy atom. The number of hydrogen-bond acceptors (Lipinski definition) is 4. The van der Waals surface area contributed by atoms with E-state index in [2.05, 4.69) is 0 Å². The molecule has 0 saturated carbocycles. The Labute approximate surface area is 85.3 Å². The van der Waals surface area contributed by atoms with E-state index < -0.39 is 22.5 Å². The van der Waals surface area contributed by atoms with E-state index in [0.29, 0.717) is 0 Å². The van der Waals surface area contributed by atoms with Gasteiger partial charge in [-0.05, 0) is 19.1 Å². The Morgan fingerprint density at radius 1 is 1.67 bits per heavy atom. The molecule has 0 spiro atoms. The first-order valence-corrected chi connectivity index (χ1v) is 4.25. The summed E-state index contributed by atoms with van der Waals surface area (Å²) in [4.78, 5) is 9.78. The van der Waals surface area contributed by atoms with Crippen molar-refractivity contribution in [3.8, 4) is 5.75 Å². The van der Waals surface area contributed by atoms with Crippen LogP contribution in [0.1, 0.15) is 6.92 Å². The molecule has 0 unspecified atom stereocenters. The van der Waals surface area contributed by atoms with E-state index in [1.807, 2.05) is 0 Å². The van der Waals surface area contributed by atoms with Gasteiger partial charge in [0.1, 0.15) is 12.4 Å². The molecule has 6 heteroatoms. The molecule has 1 aromatic rings. The summed E-state index contributed by atoms with van der Waals surface area (Å²) < 4.78 is 17.7. The molecule has 1 rings (SSSR count). The van der Waals surface area contributed by atoms with Crippen molar-refractivity contribution in [2.75, 3.05) is 6.61 Å². The SMILES string of the molecule is C[C@@H](O)COc1ccc(F)cc1[N+](=O)[O-]. The summed E-state index contributed by atoms with van der Waals surface area (Å²) in [5.41, 5.74) is -0.448. The van der Waals surface area contributed by atoms with Crippen LogP contribution in [0.25, 0.3) is 0 Å². The summed E-state index contributed by atoms with van der Waals surface area (Å²) in [7, 11) is 0. The van der Waals surface area contributed by atoms with Gasteiger partial charge < -0.3 is 9.84 Å². The predicted octanol–water partition coefficient (Wildman–Crippen LogP) is 1.49. The zero-order valence-corrected chi connectivity index (χ0v) is 8.01. The van der Waals surface area contributed by atoms with Gasteiger partial charge in [0.25, 0.3) is 0 Å². The molecule has 0 aromatic heterocycles. The monoisotopic (exact) mass is 215 g/mol. The van der Waals surface area contributed by atoms with E-state index in [4.69, 9.17) is 9.84 Å². The summed E-state index contributed by atoms with van der Waals surface area (Å²) in [6.07, 6.45) is -0.741. The molecule has 0 aliphatic carbocycles. The minimum atomic E-state index is -0.741. The van der Waals surface area contributed by atoms with E-state index in [1.165, 1.54) is 6.92 Å². The van der Waals surface area contributed by atoms with Gasteiger partial charge in [-0.25, -0.2) is 4.39 Å². The Balaban J connectivity index is 2.91. The molecule has 0 fully saturated rings. The Bertz CT molecular complexity index is 367. The van der Waals surface area contributed by atoms with Gasteiger partial charge in [-0.15, -0.1) is 0 Å². The predicted molar refractivity (Wildman–Crippen MR) is 50.2 cm³/mol. The van der Waals surface area contributed by atoms with E-state index >= 15 is 0 Å². The van der Waals surface area contributed by atoms with Crippen molar-refractivity contribution >= 4 is 5.69 Å². The van der Waals surface area contributed by atoms with Crippen LogP contribution in [0.2, 0.25) is 0 Å². The fraction of sp³-hybridized carbons (Fsp3) is 0.333. The van der Waals surface area contributed by atoms with Gasteiger partial charge in [0.2, 0.25) is 0 Å². The quantitative estimate of drug-likeness (QED) is 0.610. The minimum Gasteiger partial charge on any atom is -0.484 e.